The number of carbonyl (C=O) groups is 3. The highest BCUT2D eigenvalue weighted by Gasteiger charge is 2.42. The highest BCUT2D eigenvalue weighted by atomic mass is 19.4. The second kappa shape index (κ2) is 16.2. The van der Waals surface area contributed by atoms with Crippen LogP contribution in [0.5, 0.6) is 0 Å². The zero-order chi connectivity index (χ0) is 35.9. The lowest BCUT2D eigenvalue weighted by Crippen LogP contribution is -2.51. The van der Waals surface area contributed by atoms with Crippen molar-refractivity contribution in [1.82, 2.24) is 20.4 Å². The van der Waals surface area contributed by atoms with Crippen LogP contribution < -0.4 is 15.5 Å². The summed E-state index contributed by atoms with van der Waals surface area (Å²) < 4.78 is 80.9. The number of nitrogens with one attached hydrogen (secondary N) is 2. The third kappa shape index (κ3) is 10.5. The number of benzodiazepines with no additional fused rings is 1. The standard InChI is InChI=1S/C34H42F6N6O3/c1-44(2)23-15-19-46(20-16-23)21-41-30(47)24(13-17-33(35,36)37)25(14-18-34(38,39)40)31(48)43-29-32(49)45(3)27-12-8-7-11-26(27)28(42-29)22-9-5-4-6-10-22/h4-12,23-25,29H,13-21H2,1-3H3,(H,41,47)(H,43,48)/t24-,25+,29-/m1/s1. The Labute approximate surface area is 281 Å². The van der Waals surface area contributed by atoms with Crippen molar-refractivity contribution in [3.63, 3.8) is 0 Å². The van der Waals surface area contributed by atoms with Crippen LogP contribution in [-0.4, -0.2) is 98.7 Å². The van der Waals surface area contributed by atoms with E-state index in [4.69, 9.17) is 0 Å². The van der Waals surface area contributed by atoms with Crippen molar-refractivity contribution in [2.45, 2.75) is 63.1 Å². The fraction of sp³-hybridized carbons (Fsp3) is 0.529. The number of carbonyl (C=O) groups excluding carboxylic acids is 3. The molecule has 2 aromatic rings. The Hall–Kier alpha value is -3.98. The normalized spacial score (nSPS) is 19.1. The van der Waals surface area contributed by atoms with Crippen molar-refractivity contribution < 1.29 is 40.7 Å². The highest BCUT2D eigenvalue weighted by Crippen LogP contribution is 2.34. The van der Waals surface area contributed by atoms with Crippen LogP contribution in [0.4, 0.5) is 32.0 Å². The fourth-order valence-corrected chi connectivity index (χ4v) is 6.27. The number of aliphatic imine (C=N–C) groups is 1. The van der Waals surface area contributed by atoms with E-state index in [0.717, 1.165) is 12.8 Å². The molecule has 2 heterocycles. The Morgan fingerprint density at radius 1 is 0.878 bits per heavy atom. The first-order chi connectivity index (χ1) is 23.0. The van der Waals surface area contributed by atoms with Crippen molar-refractivity contribution in [3.05, 3.63) is 65.7 Å². The topological polar surface area (TPSA) is 97.3 Å². The maximum Gasteiger partial charge on any atom is 0.389 e. The molecule has 1 fully saturated rings. The minimum absolute atomic E-state index is 0.0377. The summed E-state index contributed by atoms with van der Waals surface area (Å²) in [6, 6.07) is 15.9. The van der Waals surface area contributed by atoms with E-state index in [1.54, 1.807) is 54.6 Å². The SMILES string of the molecule is CN1C(=O)[C@@H](NC(=O)[C@@H](CCC(F)(F)F)[C@@H](CCC(F)(F)F)C(=O)NCN2CCC(N(C)C)CC2)N=C(c2ccccc2)c2ccccc21. The number of halogens is 6. The molecule has 268 valence electrons. The molecule has 9 nitrogen and oxygen atoms in total. The van der Waals surface area contributed by atoms with Gasteiger partial charge < -0.3 is 20.4 Å². The first-order valence-corrected chi connectivity index (χ1v) is 16.1. The second-order valence-electron chi connectivity index (χ2n) is 12.7. The van der Waals surface area contributed by atoms with Gasteiger partial charge in [-0.25, -0.2) is 4.99 Å². The predicted molar refractivity (Wildman–Crippen MR) is 173 cm³/mol. The lowest BCUT2D eigenvalue weighted by Gasteiger charge is -2.35. The summed E-state index contributed by atoms with van der Waals surface area (Å²) in [6.45, 7) is 1.15. The monoisotopic (exact) mass is 696 g/mol. The Morgan fingerprint density at radius 3 is 2.00 bits per heavy atom. The van der Waals surface area contributed by atoms with Gasteiger partial charge >= 0.3 is 12.4 Å². The molecule has 0 bridgehead atoms. The number of para-hydroxylation sites is 1. The van der Waals surface area contributed by atoms with Crippen LogP contribution in [0.3, 0.4) is 0 Å². The summed E-state index contributed by atoms with van der Waals surface area (Å²) in [5, 5.41) is 4.98. The van der Waals surface area contributed by atoms with Crippen molar-refractivity contribution in [3.8, 4) is 0 Å². The predicted octanol–water partition coefficient (Wildman–Crippen LogP) is 4.96. The molecule has 3 amide bonds. The lowest BCUT2D eigenvalue weighted by atomic mass is 9.83. The first kappa shape index (κ1) is 37.8. The molecule has 2 aromatic carbocycles. The zero-order valence-electron chi connectivity index (χ0n) is 27.7. The molecule has 2 aliphatic rings. The molecule has 0 unspecified atom stereocenters. The van der Waals surface area contributed by atoms with Crippen molar-refractivity contribution in [1.29, 1.82) is 0 Å². The molecule has 15 heteroatoms. The quantitative estimate of drug-likeness (QED) is 0.306. The molecular formula is C34H42F6N6O3. The number of piperidine rings is 1. The van der Waals surface area contributed by atoms with E-state index in [1.807, 2.05) is 19.0 Å². The Balaban J connectivity index is 1.63. The lowest BCUT2D eigenvalue weighted by molar-refractivity contribution is -0.153. The first-order valence-electron chi connectivity index (χ1n) is 16.1. The number of rotatable bonds is 12. The number of amides is 3. The summed E-state index contributed by atoms with van der Waals surface area (Å²) in [7, 11) is 5.35. The number of nitrogens with zero attached hydrogens (tertiary/aromatic N) is 4. The second-order valence-corrected chi connectivity index (χ2v) is 12.7. The van der Waals surface area contributed by atoms with E-state index in [1.165, 1.54) is 11.9 Å². The number of likely N-dealkylation sites (tertiary alicyclic amines) is 1. The van der Waals surface area contributed by atoms with Gasteiger partial charge in [0.05, 0.1) is 18.1 Å². The van der Waals surface area contributed by atoms with E-state index < -0.39 is 73.8 Å². The van der Waals surface area contributed by atoms with Crippen LogP contribution in [-0.2, 0) is 14.4 Å². The zero-order valence-corrected chi connectivity index (χ0v) is 27.7. The molecule has 4 rings (SSSR count). The van der Waals surface area contributed by atoms with Gasteiger partial charge in [-0.3, -0.25) is 19.3 Å². The average molecular weight is 697 g/mol. The molecule has 2 N–H and O–H groups in total. The van der Waals surface area contributed by atoms with Gasteiger partial charge in [0.25, 0.3) is 5.91 Å². The Kier molecular flexibility index (Phi) is 12.5. The van der Waals surface area contributed by atoms with Crippen LogP contribution in [0.25, 0.3) is 0 Å². The molecule has 1 saturated heterocycles. The summed E-state index contributed by atoms with van der Waals surface area (Å²) in [5.74, 6) is -6.48. The van der Waals surface area contributed by atoms with Gasteiger partial charge in [-0.2, -0.15) is 26.3 Å². The smallest absolute Gasteiger partial charge is 0.343 e. The van der Waals surface area contributed by atoms with E-state index in [2.05, 4.69) is 20.5 Å². The number of hydrogen-bond acceptors (Lipinski definition) is 6. The van der Waals surface area contributed by atoms with Crippen LogP contribution >= 0.6 is 0 Å². The minimum Gasteiger partial charge on any atom is -0.343 e. The number of alkyl halides is 6. The summed E-state index contributed by atoms with van der Waals surface area (Å²) in [5.41, 5.74) is 1.91. The molecule has 0 aromatic heterocycles. The van der Waals surface area contributed by atoms with Crippen LogP contribution in [0.15, 0.2) is 59.6 Å². The van der Waals surface area contributed by atoms with Gasteiger partial charge in [-0.15, -0.1) is 0 Å². The summed E-state index contributed by atoms with van der Waals surface area (Å²) >= 11 is 0. The van der Waals surface area contributed by atoms with E-state index in [-0.39, 0.29) is 6.67 Å². The third-order valence-electron chi connectivity index (χ3n) is 9.07. The maximum absolute atomic E-state index is 13.9. The Morgan fingerprint density at radius 2 is 1.43 bits per heavy atom. The van der Waals surface area contributed by atoms with Gasteiger partial charge in [-0.05, 0) is 45.8 Å². The number of fused-ring (bicyclic) bond motifs is 1. The molecule has 2 aliphatic heterocycles. The molecule has 0 radical (unpaired) electrons. The highest BCUT2D eigenvalue weighted by molar-refractivity contribution is 6.20. The Bertz CT molecular complexity index is 1470. The van der Waals surface area contributed by atoms with Gasteiger partial charge in [0.15, 0.2) is 0 Å². The number of anilines is 1. The van der Waals surface area contributed by atoms with Gasteiger partial charge in [-0.1, -0.05) is 48.5 Å². The number of benzene rings is 2. The van der Waals surface area contributed by atoms with Crippen molar-refractivity contribution >= 4 is 29.1 Å². The molecule has 3 atom stereocenters. The van der Waals surface area contributed by atoms with Crippen molar-refractivity contribution in [2.75, 3.05) is 45.8 Å². The summed E-state index contributed by atoms with van der Waals surface area (Å²) in [6.07, 6.45) is -14.5. The molecule has 0 spiro atoms. The minimum atomic E-state index is -4.76. The van der Waals surface area contributed by atoms with Crippen LogP contribution in [0.2, 0.25) is 0 Å². The van der Waals surface area contributed by atoms with Crippen LogP contribution in [0, 0.1) is 11.8 Å². The molecule has 49 heavy (non-hydrogen) atoms. The fourth-order valence-electron chi connectivity index (χ4n) is 6.27. The van der Waals surface area contributed by atoms with Crippen LogP contribution in [0.1, 0.15) is 49.7 Å². The average Bonchev–Trinajstić information content (AvgIpc) is 3.15. The van der Waals surface area contributed by atoms with E-state index >= 15 is 0 Å². The van der Waals surface area contributed by atoms with Gasteiger partial charge in [0, 0.05) is 62.0 Å². The number of likely N-dealkylation sites (N-methyl/N-ethyl adjacent to an activating group) is 1. The van der Waals surface area contributed by atoms with Gasteiger partial charge in [0.2, 0.25) is 18.0 Å². The number of hydrogen-bond donors (Lipinski definition) is 2. The summed E-state index contributed by atoms with van der Waals surface area (Å²) in [4.78, 5) is 50.8. The van der Waals surface area contributed by atoms with E-state index in [0.29, 0.717) is 41.7 Å². The van der Waals surface area contributed by atoms with E-state index in [9.17, 15) is 40.7 Å². The molecule has 0 saturated carbocycles. The van der Waals surface area contributed by atoms with Gasteiger partial charge in [0.1, 0.15) is 0 Å². The molecular weight excluding hydrogens is 654 g/mol. The largest absolute Gasteiger partial charge is 0.389 e. The third-order valence-corrected chi connectivity index (χ3v) is 9.07. The van der Waals surface area contributed by atoms with Crippen molar-refractivity contribution in [2.24, 2.45) is 16.8 Å². The molecule has 0 aliphatic carbocycles. The maximum atomic E-state index is 13.9.